The van der Waals surface area contributed by atoms with Gasteiger partial charge >= 0.3 is 0 Å². The first-order valence-corrected chi connectivity index (χ1v) is 7.46. The zero-order valence-electron chi connectivity index (χ0n) is 12.6. The maximum atomic E-state index is 11.9. The lowest BCUT2D eigenvalue weighted by Crippen LogP contribution is -2.23. The molecule has 1 amide bonds. The molecule has 0 radical (unpaired) electrons. The van der Waals surface area contributed by atoms with E-state index in [1.54, 1.807) is 0 Å². The summed E-state index contributed by atoms with van der Waals surface area (Å²) in [7, 11) is 0. The first kappa shape index (κ1) is 14.3. The number of fused-ring (bicyclic) bond motifs is 1. The third-order valence-electron chi connectivity index (χ3n) is 3.68. The van der Waals surface area contributed by atoms with Crippen molar-refractivity contribution in [2.75, 3.05) is 0 Å². The molecule has 0 spiro atoms. The molecule has 4 nitrogen and oxygen atoms in total. The van der Waals surface area contributed by atoms with Crippen molar-refractivity contribution in [3.63, 3.8) is 0 Å². The SMILES string of the molecule is Cc1cccn2cc(CNC(=O)CCc3ccccc3)nc12. The second-order valence-corrected chi connectivity index (χ2v) is 5.42. The van der Waals surface area contributed by atoms with E-state index in [4.69, 9.17) is 0 Å². The Bertz CT molecular complexity index is 777. The first-order chi connectivity index (χ1) is 10.7. The molecule has 4 heteroatoms. The molecule has 2 aromatic heterocycles. The van der Waals surface area contributed by atoms with E-state index < -0.39 is 0 Å². The summed E-state index contributed by atoms with van der Waals surface area (Å²) in [5, 5.41) is 2.93. The minimum atomic E-state index is 0.0534. The van der Waals surface area contributed by atoms with Gasteiger partial charge in [-0.15, -0.1) is 0 Å². The highest BCUT2D eigenvalue weighted by molar-refractivity contribution is 5.76. The van der Waals surface area contributed by atoms with Gasteiger partial charge in [0.05, 0.1) is 12.2 Å². The smallest absolute Gasteiger partial charge is 0.220 e. The Morgan fingerprint density at radius 2 is 2.00 bits per heavy atom. The highest BCUT2D eigenvalue weighted by Crippen LogP contribution is 2.10. The monoisotopic (exact) mass is 293 g/mol. The molecule has 0 aliphatic carbocycles. The van der Waals surface area contributed by atoms with Gasteiger partial charge in [0.1, 0.15) is 5.65 Å². The van der Waals surface area contributed by atoms with Crippen molar-refractivity contribution < 1.29 is 4.79 Å². The normalized spacial score (nSPS) is 10.8. The molecule has 0 aliphatic heterocycles. The van der Waals surface area contributed by atoms with E-state index in [1.807, 2.05) is 66.2 Å². The zero-order valence-corrected chi connectivity index (χ0v) is 12.6. The number of rotatable bonds is 5. The molecule has 0 atom stereocenters. The Labute approximate surface area is 129 Å². The number of benzene rings is 1. The molecule has 1 aromatic carbocycles. The predicted molar refractivity (Wildman–Crippen MR) is 86.5 cm³/mol. The number of nitrogens with one attached hydrogen (secondary N) is 1. The van der Waals surface area contributed by atoms with Crippen LogP contribution in [-0.2, 0) is 17.8 Å². The number of carbonyl (C=O) groups is 1. The van der Waals surface area contributed by atoms with Crippen molar-refractivity contribution in [2.45, 2.75) is 26.3 Å². The van der Waals surface area contributed by atoms with Crippen LogP contribution in [-0.4, -0.2) is 15.3 Å². The van der Waals surface area contributed by atoms with Gasteiger partial charge in [-0.05, 0) is 30.5 Å². The summed E-state index contributed by atoms with van der Waals surface area (Å²) in [5.74, 6) is 0.0534. The number of aromatic nitrogens is 2. The van der Waals surface area contributed by atoms with Gasteiger partial charge in [-0.3, -0.25) is 4.79 Å². The lowest BCUT2D eigenvalue weighted by atomic mass is 10.1. The summed E-state index contributed by atoms with van der Waals surface area (Å²) < 4.78 is 1.99. The van der Waals surface area contributed by atoms with Crippen molar-refractivity contribution in [1.82, 2.24) is 14.7 Å². The van der Waals surface area contributed by atoms with Gasteiger partial charge in [-0.2, -0.15) is 0 Å². The lowest BCUT2D eigenvalue weighted by molar-refractivity contribution is -0.121. The minimum absolute atomic E-state index is 0.0534. The van der Waals surface area contributed by atoms with Gasteiger partial charge in [0.15, 0.2) is 0 Å². The van der Waals surface area contributed by atoms with E-state index in [9.17, 15) is 4.79 Å². The highest BCUT2D eigenvalue weighted by atomic mass is 16.1. The number of hydrogen-bond donors (Lipinski definition) is 1. The van der Waals surface area contributed by atoms with Crippen LogP contribution in [0.3, 0.4) is 0 Å². The summed E-state index contributed by atoms with van der Waals surface area (Å²) in [4.78, 5) is 16.5. The fraction of sp³-hybridized carbons (Fsp3) is 0.222. The molecule has 22 heavy (non-hydrogen) atoms. The van der Waals surface area contributed by atoms with Crippen molar-refractivity contribution >= 4 is 11.6 Å². The molecular formula is C18H19N3O. The maximum absolute atomic E-state index is 11.9. The first-order valence-electron chi connectivity index (χ1n) is 7.46. The van der Waals surface area contributed by atoms with Crippen LogP contribution in [0.15, 0.2) is 54.9 Å². The van der Waals surface area contributed by atoms with Crippen LogP contribution in [0.2, 0.25) is 0 Å². The van der Waals surface area contributed by atoms with Crippen molar-refractivity contribution in [2.24, 2.45) is 0 Å². The molecule has 0 saturated carbocycles. The van der Waals surface area contributed by atoms with Gasteiger partial charge in [-0.1, -0.05) is 36.4 Å². The van der Waals surface area contributed by atoms with Gasteiger partial charge in [0.2, 0.25) is 5.91 Å². The number of pyridine rings is 1. The Morgan fingerprint density at radius 1 is 1.18 bits per heavy atom. The Kier molecular flexibility index (Phi) is 4.19. The van der Waals surface area contributed by atoms with E-state index in [2.05, 4.69) is 10.3 Å². The van der Waals surface area contributed by atoms with Crippen LogP contribution in [0.4, 0.5) is 0 Å². The quantitative estimate of drug-likeness (QED) is 0.786. The maximum Gasteiger partial charge on any atom is 0.220 e. The van der Waals surface area contributed by atoms with Crippen molar-refractivity contribution in [3.8, 4) is 0 Å². The Balaban J connectivity index is 1.55. The summed E-state index contributed by atoms with van der Waals surface area (Å²) in [5.41, 5.74) is 4.13. The third kappa shape index (κ3) is 3.34. The lowest BCUT2D eigenvalue weighted by Gasteiger charge is -2.03. The summed E-state index contributed by atoms with van der Waals surface area (Å²) in [6.07, 6.45) is 5.18. The largest absolute Gasteiger partial charge is 0.350 e. The number of nitrogens with zero attached hydrogens (tertiary/aromatic N) is 2. The molecule has 2 heterocycles. The predicted octanol–water partition coefficient (Wildman–Crippen LogP) is 2.89. The average Bonchev–Trinajstić information content (AvgIpc) is 2.96. The molecule has 112 valence electrons. The number of imidazole rings is 1. The van der Waals surface area contributed by atoms with Crippen LogP contribution in [0, 0.1) is 6.92 Å². The van der Waals surface area contributed by atoms with Crippen LogP contribution in [0.25, 0.3) is 5.65 Å². The molecule has 0 bridgehead atoms. The van der Waals surface area contributed by atoms with Gasteiger partial charge < -0.3 is 9.72 Å². The summed E-state index contributed by atoms with van der Waals surface area (Å²) in [6.45, 7) is 2.50. The highest BCUT2D eigenvalue weighted by Gasteiger charge is 2.06. The molecular weight excluding hydrogens is 274 g/mol. The fourth-order valence-corrected chi connectivity index (χ4v) is 2.47. The molecule has 3 rings (SSSR count). The second kappa shape index (κ2) is 6.43. The van der Waals surface area contributed by atoms with E-state index in [-0.39, 0.29) is 5.91 Å². The van der Waals surface area contributed by atoms with E-state index >= 15 is 0 Å². The molecule has 0 aliphatic rings. The molecule has 0 fully saturated rings. The number of hydrogen-bond acceptors (Lipinski definition) is 2. The van der Waals surface area contributed by atoms with Crippen molar-refractivity contribution in [1.29, 1.82) is 0 Å². The summed E-state index contributed by atoms with van der Waals surface area (Å²) in [6, 6.07) is 14.1. The van der Waals surface area contributed by atoms with Crippen LogP contribution in [0.1, 0.15) is 23.2 Å². The summed E-state index contributed by atoms with van der Waals surface area (Å²) >= 11 is 0. The fourth-order valence-electron chi connectivity index (χ4n) is 2.47. The van der Waals surface area contributed by atoms with Crippen LogP contribution >= 0.6 is 0 Å². The third-order valence-corrected chi connectivity index (χ3v) is 3.68. The standard InChI is InChI=1S/C18H19N3O/c1-14-6-5-11-21-13-16(20-18(14)21)12-19-17(22)10-9-15-7-3-2-4-8-15/h2-8,11,13H,9-10,12H2,1H3,(H,19,22). The van der Waals surface area contributed by atoms with Gasteiger partial charge in [0.25, 0.3) is 0 Å². The second-order valence-electron chi connectivity index (χ2n) is 5.42. The molecule has 0 saturated heterocycles. The number of aryl methyl sites for hydroxylation is 2. The van der Waals surface area contributed by atoms with Crippen molar-refractivity contribution in [3.05, 3.63) is 71.7 Å². The Hall–Kier alpha value is -2.62. The van der Waals surface area contributed by atoms with Gasteiger partial charge in [-0.25, -0.2) is 4.98 Å². The minimum Gasteiger partial charge on any atom is -0.350 e. The van der Waals surface area contributed by atoms with Crippen LogP contribution < -0.4 is 5.32 Å². The van der Waals surface area contributed by atoms with E-state index in [0.717, 1.165) is 23.3 Å². The Morgan fingerprint density at radius 3 is 2.77 bits per heavy atom. The van der Waals surface area contributed by atoms with E-state index in [0.29, 0.717) is 13.0 Å². The molecule has 1 N–H and O–H groups in total. The van der Waals surface area contributed by atoms with Gasteiger partial charge in [0, 0.05) is 18.8 Å². The zero-order chi connectivity index (χ0) is 15.4. The topological polar surface area (TPSA) is 46.4 Å². The number of carbonyl (C=O) groups excluding carboxylic acids is 1. The van der Waals surface area contributed by atoms with Crippen LogP contribution in [0.5, 0.6) is 0 Å². The van der Waals surface area contributed by atoms with E-state index in [1.165, 1.54) is 5.56 Å². The molecule has 3 aromatic rings. The molecule has 0 unspecified atom stereocenters. The average molecular weight is 293 g/mol. The number of amides is 1.